The molecule has 0 fully saturated rings. The van der Waals surface area contributed by atoms with Crippen molar-refractivity contribution in [3.63, 3.8) is 0 Å². The van der Waals surface area contributed by atoms with Crippen LogP contribution < -0.4 is 5.32 Å². The topological polar surface area (TPSA) is 46.9 Å². The van der Waals surface area contributed by atoms with Gasteiger partial charge in [0.2, 0.25) is 5.91 Å². The molecule has 0 atom stereocenters. The van der Waals surface area contributed by atoms with E-state index in [1.54, 1.807) is 0 Å². The second-order valence-electron chi connectivity index (χ2n) is 3.11. The van der Waals surface area contributed by atoms with Crippen molar-refractivity contribution in [2.45, 2.75) is 20.0 Å². The normalized spacial score (nSPS) is 11.6. The van der Waals surface area contributed by atoms with E-state index in [0.29, 0.717) is 0 Å². The highest BCUT2D eigenvalue weighted by atomic mass is 19.4. The van der Waals surface area contributed by atoms with Gasteiger partial charge in [-0.15, -0.1) is 0 Å². The van der Waals surface area contributed by atoms with Crippen LogP contribution in [0.5, 0.6) is 0 Å². The summed E-state index contributed by atoms with van der Waals surface area (Å²) in [5.41, 5.74) is -1.09. The maximum absolute atomic E-state index is 12.5. The number of alkyl halides is 3. The molecule has 0 aliphatic carbocycles. The SMILES string of the molecule is CC(=O)Nc1c(C(F)(F)F)nn(C)c1C. The zero-order valence-corrected chi connectivity index (χ0v) is 8.44. The summed E-state index contributed by atoms with van der Waals surface area (Å²) in [6.45, 7) is 2.60. The molecule has 1 heterocycles. The lowest BCUT2D eigenvalue weighted by molar-refractivity contribution is -0.140. The van der Waals surface area contributed by atoms with Crippen molar-refractivity contribution in [3.8, 4) is 0 Å². The molecular formula is C8H10F3N3O. The number of nitrogens with one attached hydrogen (secondary N) is 1. The van der Waals surface area contributed by atoms with Gasteiger partial charge < -0.3 is 5.32 Å². The quantitative estimate of drug-likeness (QED) is 0.784. The second-order valence-corrected chi connectivity index (χ2v) is 3.11. The van der Waals surface area contributed by atoms with Crippen molar-refractivity contribution in [3.05, 3.63) is 11.4 Å². The standard InChI is InChI=1S/C8H10F3N3O/c1-4-6(12-5(2)15)7(8(9,10)11)13-14(4)3/h1-3H3,(H,12,15). The van der Waals surface area contributed by atoms with Crippen LogP contribution in [0.3, 0.4) is 0 Å². The summed E-state index contributed by atoms with van der Waals surface area (Å²) < 4.78 is 38.5. The van der Waals surface area contributed by atoms with Gasteiger partial charge in [0.15, 0.2) is 5.69 Å². The minimum absolute atomic E-state index is 0.262. The van der Waals surface area contributed by atoms with Crippen molar-refractivity contribution >= 4 is 11.6 Å². The molecule has 0 aromatic carbocycles. The Morgan fingerprint density at radius 3 is 2.40 bits per heavy atom. The lowest BCUT2D eigenvalue weighted by Gasteiger charge is -2.06. The van der Waals surface area contributed by atoms with Crippen LogP contribution in [0.4, 0.5) is 18.9 Å². The number of halogens is 3. The number of rotatable bonds is 1. The van der Waals surface area contributed by atoms with Crippen molar-refractivity contribution < 1.29 is 18.0 Å². The number of carbonyl (C=O) groups is 1. The van der Waals surface area contributed by atoms with Gasteiger partial charge in [0, 0.05) is 14.0 Å². The monoisotopic (exact) mass is 221 g/mol. The van der Waals surface area contributed by atoms with E-state index in [2.05, 4.69) is 10.4 Å². The van der Waals surface area contributed by atoms with Crippen molar-refractivity contribution in [2.24, 2.45) is 7.05 Å². The second kappa shape index (κ2) is 3.56. The Bertz CT molecular complexity index is 395. The fourth-order valence-electron chi connectivity index (χ4n) is 1.13. The largest absolute Gasteiger partial charge is 0.437 e. The van der Waals surface area contributed by atoms with Gasteiger partial charge in [-0.3, -0.25) is 9.48 Å². The van der Waals surface area contributed by atoms with E-state index in [9.17, 15) is 18.0 Å². The molecule has 1 aromatic rings. The van der Waals surface area contributed by atoms with Gasteiger partial charge in [-0.25, -0.2) is 0 Å². The van der Waals surface area contributed by atoms with E-state index in [4.69, 9.17) is 0 Å². The molecule has 0 saturated heterocycles. The average molecular weight is 221 g/mol. The van der Waals surface area contributed by atoms with Crippen molar-refractivity contribution in [1.29, 1.82) is 0 Å². The minimum atomic E-state index is -4.57. The molecule has 7 heteroatoms. The Morgan fingerprint density at radius 1 is 1.47 bits per heavy atom. The van der Waals surface area contributed by atoms with Gasteiger partial charge in [0.1, 0.15) is 0 Å². The number of aryl methyl sites for hydroxylation is 1. The molecule has 0 bridgehead atoms. The summed E-state index contributed by atoms with van der Waals surface area (Å²) in [6, 6.07) is 0. The molecule has 84 valence electrons. The molecule has 1 N–H and O–H groups in total. The molecule has 0 radical (unpaired) electrons. The van der Waals surface area contributed by atoms with Crippen LogP contribution in [-0.4, -0.2) is 15.7 Å². The number of nitrogens with zero attached hydrogens (tertiary/aromatic N) is 2. The Hall–Kier alpha value is -1.53. The van der Waals surface area contributed by atoms with Gasteiger partial charge >= 0.3 is 6.18 Å². The van der Waals surface area contributed by atoms with Gasteiger partial charge in [-0.05, 0) is 6.92 Å². The zero-order chi connectivity index (χ0) is 11.8. The van der Waals surface area contributed by atoms with Gasteiger partial charge in [-0.2, -0.15) is 18.3 Å². The highest BCUT2D eigenvalue weighted by Crippen LogP contribution is 2.35. The summed E-state index contributed by atoms with van der Waals surface area (Å²) >= 11 is 0. The molecule has 1 rings (SSSR count). The van der Waals surface area contributed by atoms with Crippen LogP contribution in [-0.2, 0) is 18.0 Å². The Morgan fingerprint density at radius 2 is 2.00 bits per heavy atom. The van der Waals surface area contributed by atoms with E-state index >= 15 is 0 Å². The minimum Gasteiger partial charge on any atom is -0.323 e. The van der Waals surface area contributed by atoms with E-state index in [-0.39, 0.29) is 11.4 Å². The fraction of sp³-hybridized carbons (Fsp3) is 0.500. The predicted octanol–water partition coefficient (Wildman–Crippen LogP) is 1.71. The van der Waals surface area contributed by atoms with Crippen LogP contribution >= 0.6 is 0 Å². The van der Waals surface area contributed by atoms with Gasteiger partial charge in [-0.1, -0.05) is 0 Å². The van der Waals surface area contributed by atoms with Crippen molar-refractivity contribution in [2.75, 3.05) is 5.32 Å². The van der Waals surface area contributed by atoms with Gasteiger partial charge in [0.05, 0.1) is 11.4 Å². The number of aromatic nitrogens is 2. The summed E-state index contributed by atoms with van der Waals surface area (Å²) in [5, 5.41) is 5.44. The van der Waals surface area contributed by atoms with E-state index < -0.39 is 17.8 Å². The average Bonchev–Trinajstić information content (AvgIpc) is 2.30. The van der Waals surface area contributed by atoms with Crippen molar-refractivity contribution in [1.82, 2.24) is 9.78 Å². The lowest BCUT2D eigenvalue weighted by Crippen LogP contribution is -2.13. The first-order valence-electron chi connectivity index (χ1n) is 4.12. The highest BCUT2D eigenvalue weighted by molar-refractivity contribution is 5.90. The molecule has 0 aliphatic rings. The number of hydrogen-bond acceptors (Lipinski definition) is 2. The smallest absolute Gasteiger partial charge is 0.323 e. The van der Waals surface area contributed by atoms with E-state index in [1.165, 1.54) is 14.0 Å². The third-order valence-electron chi connectivity index (χ3n) is 1.90. The maximum atomic E-state index is 12.5. The van der Waals surface area contributed by atoms with Crippen LogP contribution in [0.1, 0.15) is 18.3 Å². The summed E-state index contributed by atoms with van der Waals surface area (Å²) in [5.74, 6) is -0.559. The van der Waals surface area contributed by atoms with Crippen LogP contribution in [0.25, 0.3) is 0 Å². The number of anilines is 1. The molecule has 4 nitrogen and oxygen atoms in total. The summed E-state index contributed by atoms with van der Waals surface area (Å²) in [4.78, 5) is 10.7. The van der Waals surface area contributed by atoms with Crippen LogP contribution in [0.15, 0.2) is 0 Å². The Kier molecular flexibility index (Phi) is 2.74. The number of hydrogen-bond donors (Lipinski definition) is 1. The summed E-state index contributed by atoms with van der Waals surface area (Å²) in [7, 11) is 1.38. The predicted molar refractivity (Wildman–Crippen MR) is 47.3 cm³/mol. The molecule has 0 spiro atoms. The summed E-state index contributed by atoms with van der Waals surface area (Å²) in [6.07, 6.45) is -4.57. The molecule has 1 aromatic heterocycles. The third-order valence-corrected chi connectivity index (χ3v) is 1.90. The number of amides is 1. The van der Waals surface area contributed by atoms with E-state index in [1.807, 2.05) is 0 Å². The zero-order valence-electron chi connectivity index (χ0n) is 8.44. The van der Waals surface area contributed by atoms with Gasteiger partial charge in [0.25, 0.3) is 0 Å². The Balaban J connectivity index is 3.27. The van der Waals surface area contributed by atoms with Crippen LogP contribution in [0.2, 0.25) is 0 Å². The molecule has 15 heavy (non-hydrogen) atoms. The van der Waals surface area contributed by atoms with E-state index in [0.717, 1.165) is 11.6 Å². The first kappa shape index (κ1) is 11.5. The maximum Gasteiger partial charge on any atom is 0.437 e. The molecular weight excluding hydrogens is 211 g/mol. The molecule has 0 unspecified atom stereocenters. The first-order chi connectivity index (χ1) is 6.73. The Labute approximate surface area is 84.1 Å². The highest BCUT2D eigenvalue weighted by Gasteiger charge is 2.38. The fourth-order valence-corrected chi connectivity index (χ4v) is 1.13. The first-order valence-corrected chi connectivity index (χ1v) is 4.12. The third kappa shape index (κ3) is 2.28. The lowest BCUT2D eigenvalue weighted by atomic mass is 10.3. The molecule has 0 saturated carbocycles. The van der Waals surface area contributed by atoms with Crippen LogP contribution in [0, 0.1) is 6.92 Å². The molecule has 1 amide bonds. The number of carbonyl (C=O) groups excluding carboxylic acids is 1. The molecule has 0 aliphatic heterocycles.